The molecule has 0 saturated heterocycles. The quantitative estimate of drug-likeness (QED) is 0.271. The number of hydrogen-bond acceptors (Lipinski definition) is 5. The first-order valence-corrected chi connectivity index (χ1v) is 13.0. The largest absolute Gasteiger partial charge is 0.319 e. The summed E-state index contributed by atoms with van der Waals surface area (Å²) in [6, 6.07) is 19.8. The molecule has 0 saturated carbocycles. The Kier molecular flexibility index (Phi) is 6.28. The maximum Gasteiger partial charge on any atom is 0.276 e. The van der Waals surface area contributed by atoms with Crippen LogP contribution < -0.4 is 5.32 Å². The molecule has 10 nitrogen and oxygen atoms in total. The molecule has 0 spiro atoms. The van der Waals surface area contributed by atoms with Crippen LogP contribution >= 0.6 is 0 Å². The fourth-order valence-corrected chi connectivity index (χ4v) is 4.85. The van der Waals surface area contributed by atoms with Crippen LogP contribution in [0.1, 0.15) is 28.8 Å². The second-order valence-corrected chi connectivity index (χ2v) is 9.40. The molecule has 39 heavy (non-hydrogen) atoms. The van der Waals surface area contributed by atoms with Gasteiger partial charge in [0.05, 0.1) is 33.5 Å². The van der Waals surface area contributed by atoms with Crippen LogP contribution in [-0.2, 0) is 19.6 Å². The van der Waals surface area contributed by atoms with Crippen molar-refractivity contribution in [2.45, 2.75) is 40.4 Å². The summed E-state index contributed by atoms with van der Waals surface area (Å²) in [5.41, 5.74) is 6.85. The molecule has 0 aliphatic carbocycles. The molecule has 1 amide bonds. The zero-order valence-electron chi connectivity index (χ0n) is 22.1. The van der Waals surface area contributed by atoms with Crippen molar-refractivity contribution in [1.29, 1.82) is 0 Å². The minimum Gasteiger partial charge on any atom is -0.319 e. The fraction of sp³-hybridized carbons (Fsp3) is 0.207. The van der Waals surface area contributed by atoms with E-state index in [2.05, 4.69) is 43.4 Å². The number of benzene rings is 2. The molecule has 196 valence electrons. The van der Waals surface area contributed by atoms with Gasteiger partial charge in [-0.25, -0.2) is 9.97 Å². The zero-order valence-corrected chi connectivity index (χ0v) is 22.1. The van der Waals surface area contributed by atoms with Crippen LogP contribution in [0.3, 0.4) is 0 Å². The van der Waals surface area contributed by atoms with Gasteiger partial charge in [-0.3, -0.25) is 19.9 Å². The Morgan fingerprint density at radius 2 is 1.56 bits per heavy atom. The molecule has 2 aromatic carbocycles. The monoisotopic (exact) mass is 519 g/mol. The summed E-state index contributed by atoms with van der Waals surface area (Å²) in [4.78, 5) is 22.7. The number of hydrogen-bond donors (Lipinski definition) is 2. The number of fused-ring (bicyclic) bond motifs is 2. The number of rotatable bonds is 8. The number of allylic oxidation sites excluding steroid dienone is 2. The summed E-state index contributed by atoms with van der Waals surface area (Å²) in [6.45, 7) is 7.57. The van der Waals surface area contributed by atoms with Crippen molar-refractivity contribution in [2.24, 2.45) is 0 Å². The Bertz CT molecular complexity index is 1830. The van der Waals surface area contributed by atoms with Crippen molar-refractivity contribution in [1.82, 2.24) is 39.1 Å². The first kappa shape index (κ1) is 24.4. The third-order valence-electron chi connectivity index (χ3n) is 6.66. The summed E-state index contributed by atoms with van der Waals surface area (Å²) < 4.78 is 5.88. The average molecular weight is 520 g/mol. The number of imidazole rings is 2. The van der Waals surface area contributed by atoms with Crippen molar-refractivity contribution >= 4 is 33.9 Å². The van der Waals surface area contributed by atoms with Crippen LogP contribution in [0.15, 0.2) is 72.8 Å². The molecule has 6 rings (SSSR count). The molecule has 0 unspecified atom stereocenters. The summed E-state index contributed by atoms with van der Waals surface area (Å²) in [5, 5.41) is 14.8. The van der Waals surface area contributed by atoms with Gasteiger partial charge in [-0.1, -0.05) is 36.4 Å². The van der Waals surface area contributed by atoms with Crippen LogP contribution in [0.2, 0.25) is 0 Å². The van der Waals surface area contributed by atoms with E-state index in [0.29, 0.717) is 31.3 Å². The molecule has 0 aliphatic rings. The number of aromatic amines is 1. The number of amides is 1. The number of H-pyrrole nitrogens is 1. The standard InChI is InChI=1S/C29H29N9O/c1-4-38-26(18-20(3)35-38)28(39)32-29-31-22-12-6-8-14-25(22)37(29)16-10-9-15-36-24-13-7-5-11-21(24)30-27(36)23-17-19(2)33-34-23/h5-14,17-18H,4,15-16H2,1-3H3,(H,33,34)(H,31,32,39)/b10-9+. The van der Waals surface area contributed by atoms with E-state index in [9.17, 15) is 4.79 Å². The van der Waals surface area contributed by atoms with Crippen molar-refractivity contribution in [3.8, 4) is 11.5 Å². The molecule has 0 fully saturated rings. The van der Waals surface area contributed by atoms with Gasteiger partial charge in [-0.15, -0.1) is 0 Å². The molecule has 10 heteroatoms. The van der Waals surface area contributed by atoms with Crippen molar-refractivity contribution < 1.29 is 4.79 Å². The molecule has 0 aliphatic heterocycles. The molecule has 6 aromatic rings. The minimum absolute atomic E-state index is 0.234. The van der Waals surface area contributed by atoms with E-state index in [0.717, 1.165) is 45.0 Å². The molecular formula is C29H29N9O. The normalized spacial score (nSPS) is 11.8. The Morgan fingerprint density at radius 1 is 0.897 bits per heavy atom. The highest BCUT2D eigenvalue weighted by Crippen LogP contribution is 2.24. The smallest absolute Gasteiger partial charge is 0.276 e. The van der Waals surface area contributed by atoms with Crippen LogP contribution in [0, 0.1) is 13.8 Å². The Hall–Kier alpha value is -4.99. The lowest BCUT2D eigenvalue weighted by Gasteiger charge is -2.09. The molecule has 0 atom stereocenters. The van der Waals surface area contributed by atoms with Gasteiger partial charge in [-0.05, 0) is 57.2 Å². The maximum atomic E-state index is 13.2. The number of carbonyl (C=O) groups excluding carboxylic acids is 1. The number of anilines is 1. The molecule has 4 heterocycles. The fourth-order valence-electron chi connectivity index (χ4n) is 4.85. The summed E-state index contributed by atoms with van der Waals surface area (Å²) in [7, 11) is 0. The topological polar surface area (TPSA) is 111 Å². The molecule has 0 radical (unpaired) electrons. The SMILES string of the molecule is CCn1nc(C)cc1C(=O)Nc1nc2ccccc2n1C/C=C/Cn1c(-c2cc(C)n[nH]2)nc2ccccc21. The van der Waals surface area contributed by atoms with Crippen LogP contribution in [0.25, 0.3) is 33.6 Å². The number of aryl methyl sites for hydroxylation is 3. The third-order valence-corrected chi connectivity index (χ3v) is 6.66. The second-order valence-electron chi connectivity index (χ2n) is 9.40. The van der Waals surface area contributed by atoms with Gasteiger partial charge in [-0.2, -0.15) is 10.2 Å². The zero-order chi connectivity index (χ0) is 26.9. The Morgan fingerprint density at radius 3 is 2.26 bits per heavy atom. The molecular weight excluding hydrogens is 490 g/mol. The summed E-state index contributed by atoms with van der Waals surface area (Å²) in [6.07, 6.45) is 4.19. The second kappa shape index (κ2) is 10.1. The van der Waals surface area contributed by atoms with Gasteiger partial charge < -0.3 is 9.13 Å². The molecule has 2 N–H and O–H groups in total. The maximum absolute atomic E-state index is 13.2. The number of nitrogens with zero attached hydrogens (tertiary/aromatic N) is 7. The van der Waals surface area contributed by atoms with Crippen LogP contribution in [0.5, 0.6) is 0 Å². The molecule has 0 bridgehead atoms. The first-order chi connectivity index (χ1) is 19.0. The average Bonchev–Trinajstić information content (AvgIpc) is 3.71. The lowest BCUT2D eigenvalue weighted by Crippen LogP contribution is -2.19. The van der Waals surface area contributed by atoms with E-state index in [-0.39, 0.29) is 5.91 Å². The van der Waals surface area contributed by atoms with Crippen LogP contribution in [-0.4, -0.2) is 45.0 Å². The van der Waals surface area contributed by atoms with Crippen molar-refractivity contribution in [3.05, 3.63) is 89.9 Å². The van der Waals surface area contributed by atoms with E-state index in [4.69, 9.17) is 9.97 Å². The van der Waals surface area contributed by atoms with E-state index in [1.165, 1.54) is 0 Å². The predicted octanol–water partition coefficient (Wildman–Crippen LogP) is 5.12. The number of aromatic nitrogens is 8. The summed E-state index contributed by atoms with van der Waals surface area (Å²) in [5.74, 6) is 1.10. The highest BCUT2D eigenvalue weighted by atomic mass is 16.2. The molecule has 4 aromatic heterocycles. The number of carbonyl (C=O) groups is 1. The number of para-hydroxylation sites is 4. The highest BCUT2D eigenvalue weighted by molar-refractivity contribution is 6.03. The highest BCUT2D eigenvalue weighted by Gasteiger charge is 2.18. The lowest BCUT2D eigenvalue weighted by molar-refractivity contribution is 0.101. The van der Waals surface area contributed by atoms with Crippen molar-refractivity contribution in [2.75, 3.05) is 5.32 Å². The van der Waals surface area contributed by atoms with Crippen molar-refractivity contribution in [3.63, 3.8) is 0 Å². The number of nitrogens with one attached hydrogen (secondary N) is 2. The third kappa shape index (κ3) is 4.61. The summed E-state index contributed by atoms with van der Waals surface area (Å²) >= 11 is 0. The first-order valence-electron chi connectivity index (χ1n) is 13.0. The van der Waals surface area contributed by atoms with E-state index >= 15 is 0 Å². The van der Waals surface area contributed by atoms with Gasteiger partial charge in [0.15, 0.2) is 5.82 Å². The van der Waals surface area contributed by atoms with E-state index < -0.39 is 0 Å². The van der Waals surface area contributed by atoms with Gasteiger partial charge >= 0.3 is 0 Å². The Balaban J connectivity index is 1.28. The van der Waals surface area contributed by atoms with Gasteiger partial charge in [0.2, 0.25) is 5.95 Å². The Labute approximate surface area is 225 Å². The van der Waals surface area contributed by atoms with Gasteiger partial charge in [0, 0.05) is 19.6 Å². The van der Waals surface area contributed by atoms with E-state index in [1.807, 2.05) is 73.9 Å². The van der Waals surface area contributed by atoms with Gasteiger partial charge in [0.25, 0.3) is 5.91 Å². The van der Waals surface area contributed by atoms with Crippen LogP contribution in [0.4, 0.5) is 5.95 Å². The minimum atomic E-state index is -0.234. The predicted molar refractivity (Wildman–Crippen MR) is 152 cm³/mol. The van der Waals surface area contributed by atoms with Gasteiger partial charge in [0.1, 0.15) is 11.4 Å². The lowest BCUT2D eigenvalue weighted by atomic mass is 10.3. The van der Waals surface area contributed by atoms with E-state index in [1.54, 1.807) is 10.7 Å².